The van der Waals surface area contributed by atoms with E-state index in [0.29, 0.717) is 19.3 Å². The Bertz CT molecular complexity index is 1210. The molecule has 4 amide bonds. The number of rotatable bonds is 11. The summed E-state index contributed by atoms with van der Waals surface area (Å²) >= 11 is 0. The minimum absolute atomic E-state index is 0.0672. The quantitative estimate of drug-likeness (QED) is 0.349. The number of hydrogen-bond donors (Lipinski definition) is 1. The van der Waals surface area contributed by atoms with E-state index in [2.05, 4.69) is 5.32 Å². The van der Waals surface area contributed by atoms with Crippen LogP contribution in [0.5, 0.6) is 0 Å². The summed E-state index contributed by atoms with van der Waals surface area (Å²) in [6, 6.07) is 14.5. The molecule has 4 atom stereocenters. The zero-order valence-corrected chi connectivity index (χ0v) is 22.5. The number of nitrogens with zero attached hydrogens (tertiary/aromatic N) is 2. The molecule has 0 aromatic heterocycles. The maximum Gasteiger partial charge on any atom is 0.243 e. The molecule has 4 rings (SSSR count). The maximum atomic E-state index is 14.7. The van der Waals surface area contributed by atoms with Crippen LogP contribution in [0.4, 0.5) is 4.39 Å². The first-order chi connectivity index (χ1) is 18.8. The Hall–Kier alpha value is -3.81. The average Bonchev–Trinajstić information content (AvgIpc) is 3.19. The number of imide groups is 1. The Morgan fingerprint density at radius 1 is 1.00 bits per heavy atom. The lowest BCUT2D eigenvalue weighted by Crippen LogP contribution is -2.52. The number of hydrogen-bond acceptors (Lipinski definition) is 4. The van der Waals surface area contributed by atoms with Crippen LogP contribution in [0.15, 0.2) is 66.7 Å². The smallest absolute Gasteiger partial charge is 0.243 e. The Morgan fingerprint density at radius 2 is 1.62 bits per heavy atom. The van der Waals surface area contributed by atoms with Gasteiger partial charge in [-0.05, 0) is 37.8 Å². The van der Waals surface area contributed by atoms with E-state index in [1.54, 1.807) is 18.2 Å². The van der Waals surface area contributed by atoms with Gasteiger partial charge >= 0.3 is 0 Å². The molecule has 1 heterocycles. The van der Waals surface area contributed by atoms with Crippen LogP contribution in [-0.2, 0) is 32.1 Å². The van der Waals surface area contributed by atoms with E-state index in [4.69, 9.17) is 0 Å². The number of carbonyl (C=O) groups is 4. The third-order valence-electron chi connectivity index (χ3n) is 7.72. The first kappa shape index (κ1) is 28.2. The van der Waals surface area contributed by atoms with Crippen molar-refractivity contribution in [3.8, 4) is 0 Å². The van der Waals surface area contributed by atoms with Crippen molar-refractivity contribution < 1.29 is 23.6 Å². The van der Waals surface area contributed by atoms with Crippen molar-refractivity contribution in [1.29, 1.82) is 0 Å². The van der Waals surface area contributed by atoms with Crippen molar-refractivity contribution in [2.75, 3.05) is 6.54 Å². The molecule has 1 aliphatic carbocycles. The second-order valence-electron chi connectivity index (χ2n) is 10.4. The van der Waals surface area contributed by atoms with Crippen LogP contribution in [0.3, 0.4) is 0 Å². The van der Waals surface area contributed by atoms with Crippen molar-refractivity contribution in [2.45, 2.75) is 64.6 Å². The number of benzene rings is 2. The summed E-state index contributed by atoms with van der Waals surface area (Å²) in [5.41, 5.74) is 1.14. The molecule has 39 heavy (non-hydrogen) atoms. The highest BCUT2D eigenvalue weighted by atomic mass is 19.1. The second-order valence-corrected chi connectivity index (χ2v) is 10.4. The van der Waals surface area contributed by atoms with Gasteiger partial charge in [0.1, 0.15) is 11.9 Å². The van der Waals surface area contributed by atoms with E-state index in [0.717, 1.165) is 5.56 Å². The zero-order valence-electron chi connectivity index (χ0n) is 22.5. The summed E-state index contributed by atoms with van der Waals surface area (Å²) in [6.07, 6.45) is 5.67. The third kappa shape index (κ3) is 6.61. The van der Waals surface area contributed by atoms with E-state index >= 15 is 0 Å². The molecule has 0 saturated carbocycles. The highest BCUT2D eigenvalue weighted by Crippen LogP contribution is 2.35. The fourth-order valence-electron chi connectivity index (χ4n) is 5.25. The van der Waals surface area contributed by atoms with Crippen molar-refractivity contribution in [2.24, 2.45) is 11.8 Å². The van der Waals surface area contributed by atoms with Gasteiger partial charge in [0.15, 0.2) is 0 Å². The van der Waals surface area contributed by atoms with Crippen LogP contribution in [0, 0.1) is 17.7 Å². The van der Waals surface area contributed by atoms with Crippen LogP contribution < -0.4 is 5.32 Å². The van der Waals surface area contributed by atoms with Gasteiger partial charge in [0.05, 0.1) is 11.8 Å². The average molecular weight is 534 g/mol. The van der Waals surface area contributed by atoms with Gasteiger partial charge in [0.25, 0.3) is 0 Å². The number of fused-ring (bicyclic) bond motifs is 1. The van der Waals surface area contributed by atoms with E-state index in [1.807, 2.05) is 56.3 Å². The first-order valence-electron chi connectivity index (χ1n) is 13.7. The van der Waals surface area contributed by atoms with Crippen molar-refractivity contribution in [1.82, 2.24) is 15.1 Å². The monoisotopic (exact) mass is 533 g/mol. The Morgan fingerprint density at radius 3 is 2.23 bits per heavy atom. The van der Waals surface area contributed by atoms with Crippen molar-refractivity contribution >= 4 is 23.6 Å². The Kier molecular flexibility index (Phi) is 9.28. The molecule has 8 heteroatoms. The first-order valence-corrected chi connectivity index (χ1v) is 13.7. The number of allylic oxidation sites excluding steroid dienone is 2. The molecule has 0 radical (unpaired) electrons. The Labute approximate surface area is 229 Å². The van der Waals surface area contributed by atoms with Gasteiger partial charge in [-0.3, -0.25) is 24.1 Å². The van der Waals surface area contributed by atoms with Gasteiger partial charge in [-0.2, -0.15) is 0 Å². The summed E-state index contributed by atoms with van der Waals surface area (Å²) in [5, 5.41) is 2.98. The Balaban J connectivity index is 1.60. The maximum absolute atomic E-state index is 14.7. The lowest BCUT2D eigenvalue weighted by molar-refractivity contribution is -0.144. The molecule has 7 nitrogen and oxygen atoms in total. The van der Waals surface area contributed by atoms with Crippen LogP contribution in [0.2, 0.25) is 0 Å². The lowest BCUT2D eigenvalue weighted by atomic mass is 9.85. The summed E-state index contributed by atoms with van der Waals surface area (Å²) in [6.45, 7) is 3.66. The topological polar surface area (TPSA) is 86.8 Å². The number of nitrogens with one attached hydrogen (secondary N) is 1. The van der Waals surface area contributed by atoms with Gasteiger partial charge in [-0.25, -0.2) is 4.39 Å². The van der Waals surface area contributed by atoms with Gasteiger partial charge < -0.3 is 10.2 Å². The van der Waals surface area contributed by atoms with E-state index in [1.165, 1.54) is 15.9 Å². The fourth-order valence-corrected chi connectivity index (χ4v) is 5.25. The molecule has 0 unspecified atom stereocenters. The molecular weight excluding hydrogens is 497 g/mol. The number of carbonyl (C=O) groups excluding carboxylic acids is 4. The minimum atomic E-state index is -0.912. The zero-order chi connectivity index (χ0) is 27.9. The SMILES string of the molecule is CC[C@H](C)NC(=O)[C@@H](Cc1ccccc1)N(Cc1ccccc1F)C(=O)CCN1C(=O)[C@H]2CC=CC[C@H]2C1=O. The molecular formula is C31H36FN3O4. The highest BCUT2D eigenvalue weighted by Gasteiger charge is 2.47. The van der Waals surface area contributed by atoms with E-state index in [-0.39, 0.29) is 67.1 Å². The summed E-state index contributed by atoms with van der Waals surface area (Å²) in [5.74, 6) is -2.48. The van der Waals surface area contributed by atoms with Crippen LogP contribution in [0.1, 0.15) is 50.7 Å². The summed E-state index contributed by atoms with van der Waals surface area (Å²) in [4.78, 5) is 55.8. The van der Waals surface area contributed by atoms with Crippen molar-refractivity contribution in [3.05, 3.63) is 83.7 Å². The lowest BCUT2D eigenvalue weighted by Gasteiger charge is -2.33. The molecule has 2 aliphatic rings. The van der Waals surface area contributed by atoms with Gasteiger partial charge in [0, 0.05) is 37.5 Å². The summed E-state index contributed by atoms with van der Waals surface area (Å²) < 4.78 is 14.7. The molecule has 1 aliphatic heterocycles. The highest BCUT2D eigenvalue weighted by molar-refractivity contribution is 6.05. The molecule has 2 aromatic rings. The molecule has 2 aromatic carbocycles. The third-order valence-corrected chi connectivity index (χ3v) is 7.72. The molecule has 206 valence electrons. The predicted octanol–water partition coefficient (Wildman–Crippen LogP) is 4.02. The largest absolute Gasteiger partial charge is 0.352 e. The second kappa shape index (κ2) is 12.8. The number of amides is 4. The molecule has 1 saturated heterocycles. The predicted molar refractivity (Wildman–Crippen MR) is 145 cm³/mol. The van der Waals surface area contributed by atoms with Crippen LogP contribution in [0.25, 0.3) is 0 Å². The van der Waals surface area contributed by atoms with Crippen molar-refractivity contribution in [3.63, 3.8) is 0 Å². The minimum Gasteiger partial charge on any atom is -0.352 e. The van der Waals surface area contributed by atoms with Gasteiger partial charge in [-0.1, -0.05) is 67.6 Å². The number of halogens is 1. The molecule has 0 bridgehead atoms. The fraction of sp³-hybridized carbons (Fsp3) is 0.419. The van der Waals surface area contributed by atoms with E-state index < -0.39 is 17.8 Å². The van der Waals surface area contributed by atoms with Crippen LogP contribution in [-0.4, -0.2) is 52.1 Å². The standard InChI is InChI=1S/C31H36FN3O4/c1-3-21(2)33-29(37)27(19-22-11-5-4-6-12-22)35(20-23-13-7-10-16-26(23)32)28(36)17-18-34-30(38)24-14-8-9-15-25(24)31(34)39/h4-13,16,21,24-25,27H,3,14-15,17-20H2,1-2H3,(H,33,37)/t21-,24-,25+,27+/m0/s1. The van der Waals surface area contributed by atoms with E-state index in [9.17, 15) is 23.6 Å². The normalized spacial score (nSPS) is 19.9. The van der Waals surface area contributed by atoms with Gasteiger partial charge in [0.2, 0.25) is 23.6 Å². The summed E-state index contributed by atoms with van der Waals surface area (Å²) in [7, 11) is 0. The molecule has 1 N–H and O–H groups in total. The van der Waals surface area contributed by atoms with Crippen LogP contribution >= 0.6 is 0 Å². The molecule has 0 spiro atoms. The molecule has 1 fully saturated rings. The van der Waals surface area contributed by atoms with Gasteiger partial charge in [-0.15, -0.1) is 0 Å². The number of likely N-dealkylation sites (tertiary alicyclic amines) is 1.